The van der Waals surface area contributed by atoms with Crippen molar-refractivity contribution in [2.75, 3.05) is 0 Å². The van der Waals surface area contributed by atoms with E-state index in [0.29, 0.717) is 10.2 Å². The van der Waals surface area contributed by atoms with Crippen LogP contribution in [0.1, 0.15) is 0 Å². The van der Waals surface area contributed by atoms with E-state index in [1.807, 2.05) is 16.5 Å². The average Bonchev–Trinajstić information content (AvgIpc) is 2.69. The van der Waals surface area contributed by atoms with Crippen molar-refractivity contribution >= 4 is 39.8 Å². The Kier molecular flexibility index (Phi) is 1.84. The van der Waals surface area contributed by atoms with Gasteiger partial charge in [-0.2, -0.15) is 0 Å². The summed E-state index contributed by atoms with van der Waals surface area (Å²) in [6, 6.07) is 5.47. The summed E-state index contributed by atoms with van der Waals surface area (Å²) in [5, 5.41) is 1.11. The van der Waals surface area contributed by atoms with Crippen LogP contribution >= 0.6 is 23.2 Å². The molecule has 0 N–H and O–H groups in total. The average molecular weight is 238 g/mol. The minimum Gasteiger partial charge on any atom is -0.294 e. The summed E-state index contributed by atoms with van der Waals surface area (Å²) >= 11 is 11.9. The lowest BCUT2D eigenvalue weighted by Gasteiger charge is -2.03. The smallest absolute Gasteiger partial charge is 0.155 e. The van der Waals surface area contributed by atoms with Gasteiger partial charge in [0.1, 0.15) is 5.52 Å². The van der Waals surface area contributed by atoms with Crippen LogP contribution in [0.4, 0.5) is 0 Å². The highest BCUT2D eigenvalue weighted by molar-refractivity contribution is 6.33. The van der Waals surface area contributed by atoms with E-state index >= 15 is 0 Å². The summed E-state index contributed by atoms with van der Waals surface area (Å²) in [6.07, 6.45) is 3.37. The van der Waals surface area contributed by atoms with Gasteiger partial charge in [-0.15, -0.1) is 0 Å². The van der Waals surface area contributed by atoms with Gasteiger partial charge < -0.3 is 0 Å². The van der Waals surface area contributed by atoms with Crippen molar-refractivity contribution in [3.05, 3.63) is 40.9 Å². The first-order valence-electron chi connectivity index (χ1n) is 4.32. The van der Waals surface area contributed by atoms with Crippen LogP contribution < -0.4 is 0 Å². The van der Waals surface area contributed by atoms with Crippen LogP contribution in [0.2, 0.25) is 10.2 Å². The standard InChI is InChI=1S/C10H5Cl2N3/c11-6-1-2-7-8(3-6)15-5-13-4-9(15)10(12)14-7/h1-5H. The van der Waals surface area contributed by atoms with Crippen molar-refractivity contribution < 1.29 is 0 Å². The van der Waals surface area contributed by atoms with Crippen LogP contribution in [-0.2, 0) is 0 Å². The summed E-state index contributed by atoms with van der Waals surface area (Å²) < 4.78 is 1.87. The van der Waals surface area contributed by atoms with Crippen molar-refractivity contribution in [3.8, 4) is 0 Å². The third kappa shape index (κ3) is 1.28. The molecule has 0 atom stereocenters. The Labute approximate surface area is 95.3 Å². The van der Waals surface area contributed by atoms with Gasteiger partial charge in [-0.05, 0) is 18.2 Å². The van der Waals surface area contributed by atoms with E-state index in [9.17, 15) is 0 Å². The predicted molar refractivity (Wildman–Crippen MR) is 60.5 cm³/mol. The van der Waals surface area contributed by atoms with Gasteiger partial charge in [0.15, 0.2) is 5.15 Å². The summed E-state index contributed by atoms with van der Waals surface area (Å²) in [7, 11) is 0. The fourth-order valence-electron chi connectivity index (χ4n) is 1.59. The van der Waals surface area contributed by atoms with Crippen LogP contribution in [0.25, 0.3) is 16.6 Å². The Bertz CT molecular complexity index is 660. The minimum absolute atomic E-state index is 0.447. The second kappa shape index (κ2) is 3.08. The molecule has 1 aromatic carbocycles. The van der Waals surface area contributed by atoms with E-state index in [2.05, 4.69) is 9.97 Å². The highest BCUT2D eigenvalue weighted by atomic mass is 35.5. The van der Waals surface area contributed by atoms with Crippen LogP contribution in [0, 0.1) is 0 Å². The van der Waals surface area contributed by atoms with Crippen LogP contribution in [0.3, 0.4) is 0 Å². The van der Waals surface area contributed by atoms with Gasteiger partial charge in [-0.3, -0.25) is 4.40 Å². The van der Waals surface area contributed by atoms with Crippen molar-refractivity contribution in [1.29, 1.82) is 0 Å². The molecule has 0 unspecified atom stereocenters. The van der Waals surface area contributed by atoms with Crippen molar-refractivity contribution in [2.45, 2.75) is 0 Å². The van der Waals surface area contributed by atoms with Gasteiger partial charge >= 0.3 is 0 Å². The number of fused-ring (bicyclic) bond motifs is 3. The third-order valence-corrected chi connectivity index (χ3v) is 2.78. The second-order valence-corrected chi connectivity index (χ2v) is 3.98. The molecule has 3 rings (SSSR count). The van der Waals surface area contributed by atoms with E-state index in [0.717, 1.165) is 16.6 Å². The first-order valence-corrected chi connectivity index (χ1v) is 5.08. The SMILES string of the molecule is Clc1ccc2nc(Cl)c3cncn3c2c1. The maximum absolute atomic E-state index is 6.01. The zero-order valence-corrected chi connectivity index (χ0v) is 9.00. The van der Waals surface area contributed by atoms with Crippen molar-refractivity contribution in [3.63, 3.8) is 0 Å². The molecule has 0 aliphatic rings. The first kappa shape index (κ1) is 8.95. The number of hydrogen-bond donors (Lipinski definition) is 0. The number of rotatable bonds is 0. The molecular formula is C10H5Cl2N3. The van der Waals surface area contributed by atoms with Gasteiger partial charge in [0.2, 0.25) is 0 Å². The van der Waals surface area contributed by atoms with Gasteiger partial charge in [-0.1, -0.05) is 23.2 Å². The monoisotopic (exact) mass is 237 g/mol. The molecule has 0 radical (unpaired) electrons. The number of halogens is 2. The van der Waals surface area contributed by atoms with E-state index in [-0.39, 0.29) is 0 Å². The van der Waals surface area contributed by atoms with Gasteiger partial charge in [-0.25, -0.2) is 9.97 Å². The van der Waals surface area contributed by atoms with Gasteiger partial charge in [0, 0.05) is 5.02 Å². The Balaban J connectivity index is 2.61. The molecule has 0 spiro atoms. The largest absolute Gasteiger partial charge is 0.294 e. The molecule has 0 bridgehead atoms. The third-order valence-electron chi connectivity index (χ3n) is 2.27. The zero-order valence-electron chi connectivity index (χ0n) is 7.48. The molecule has 2 aromatic heterocycles. The molecule has 15 heavy (non-hydrogen) atoms. The van der Waals surface area contributed by atoms with E-state index in [1.54, 1.807) is 18.6 Å². The molecule has 2 heterocycles. The quantitative estimate of drug-likeness (QED) is 0.602. The molecule has 0 fully saturated rings. The molecule has 0 saturated carbocycles. The molecule has 74 valence electrons. The van der Waals surface area contributed by atoms with Crippen LogP contribution in [0.5, 0.6) is 0 Å². The number of imidazole rings is 1. The molecule has 0 amide bonds. The maximum atomic E-state index is 6.01. The second-order valence-electron chi connectivity index (χ2n) is 3.18. The summed E-state index contributed by atoms with van der Waals surface area (Å²) in [5.41, 5.74) is 2.49. The zero-order chi connectivity index (χ0) is 10.4. The molecule has 0 aliphatic carbocycles. The number of benzene rings is 1. The van der Waals surface area contributed by atoms with Crippen LogP contribution in [-0.4, -0.2) is 14.4 Å². The minimum atomic E-state index is 0.447. The Morgan fingerprint density at radius 2 is 2.00 bits per heavy atom. The number of aromatic nitrogens is 3. The first-order chi connectivity index (χ1) is 7.25. The van der Waals surface area contributed by atoms with Crippen molar-refractivity contribution in [2.24, 2.45) is 0 Å². The molecule has 3 aromatic rings. The highest BCUT2D eigenvalue weighted by Crippen LogP contribution is 2.23. The summed E-state index contributed by atoms with van der Waals surface area (Å²) in [4.78, 5) is 8.30. The molecule has 5 heteroatoms. The van der Waals surface area contributed by atoms with Gasteiger partial charge in [0.05, 0.1) is 23.6 Å². The van der Waals surface area contributed by atoms with Crippen LogP contribution in [0.15, 0.2) is 30.7 Å². The van der Waals surface area contributed by atoms with E-state index < -0.39 is 0 Å². The fourth-order valence-corrected chi connectivity index (χ4v) is 1.98. The normalized spacial score (nSPS) is 11.3. The van der Waals surface area contributed by atoms with Gasteiger partial charge in [0.25, 0.3) is 0 Å². The lowest BCUT2D eigenvalue weighted by molar-refractivity contribution is 1.19. The van der Waals surface area contributed by atoms with E-state index in [4.69, 9.17) is 23.2 Å². The highest BCUT2D eigenvalue weighted by Gasteiger charge is 2.06. The lowest BCUT2D eigenvalue weighted by atomic mass is 10.3. The molecule has 3 nitrogen and oxygen atoms in total. The summed E-state index contributed by atoms with van der Waals surface area (Å²) in [5.74, 6) is 0. The molecule has 0 aliphatic heterocycles. The van der Waals surface area contributed by atoms with Crippen molar-refractivity contribution in [1.82, 2.24) is 14.4 Å². The fraction of sp³-hybridized carbons (Fsp3) is 0. The Morgan fingerprint density at radius 1 is 1.13 bits per heavy atom. The molecular weight excluding hydrogens is 233 g/mol. The number of hydrogen-bond acceptors (Lipinski definition) is 2. The number of nitrogens with zero attached hydrogens (tertiary/aromatic N) is 3. The topological polar surface area (TPSA) is 30.2 Å². The lowest BCUT2D eigenvalue weighted by Crippen LogP contribution is -1.90. The molecule has 0 saturated heterocycles. The van der Waals surface area contributed by atoms with E-state index in [1.165, 1.54) is 0 Å². The maximum Gasteiger partial charge on any atom is 0.155 e. The Morgan fingerprint density at radius 3 is 2.87 bits per heavy atom. The summed E-state index contributed by atoms with van der Waals surface area (Å²) in [6.45, 7) is 0. The Hall–Kier alpha value is -1.32. The predicted octanol–water partition coefficient (Wildman–Crippen LogP) is 3.19.